The number of aliphatic hydroxyl groups is 1. The second kappa shape index (κ2) is 7.29. The van der Waals surface area contributed by atoms with Gasteiger partial charge in [-0.3, -0.25) is 0 Å². The van der Waals surface area contributed by atoms with E-state index >= 15 is 0 Å². The van der Waals surface area contributed by atoms with E-state index in [4.69, 9.17) is 11.6 Å². The molecule has 2 rings (SSSR count). The Hall–Kier alpha value is -2.04. The summed E-state index contributed by atoms with van der Waals surface area (Å²) in [5.41, 5.74) is 3.55. The molecule has 1 atom stereocenters. The normalized spacial score (nSPS) is 11.8. The van der Waals surface area contributed by atoms with E-state index < -0.39 is 6.10 Å². The largest absolute Gasteiger partial charge is 0.387 e. The quantitative estimate of drug-likeness (QED) is 0.802. The van der Waals surface area contributed by atoms with Crippen LogP contribution >= 0.6 is 11.6 Å². The van der Waals surface area contributed by atoms with E-state index in [0.717, 1.165) is 16.8 Å². The summed E-state index contributed by atoms with van der Waals surface area (Å²) in [5, 5.41) is 16.0. The van der Waals surface area contributed by atoms with Gasteiger partial charge in [0.15, 0.2) is 0 Å². The average molecular weight is 319 g/mol. The maximum Gasteiger partial charge on any atom is 0.319 e. The summed E-state index contributed by atoms with van der Waals surface area (Å²) in [6.07, 6.45) is -0.803. The summed E-state index contributed by atoms with van der Waals surface area (Å²) in [6.45, 7) is 4.05. The maximum atomic E-state index is 11.9. The van der Waals surface area contributed by atoms with Crippen molar-refractivity contribution in [2.75, 3.05) is 11.9 Å². The van der Waals surface area contributed by atoms with E-state index in [2.05, 4.69) is 10.6 Å². The lowest BCUT2D eigenvalue weighted by atomic mass is 10.1. The zero-order chi connectivity index (χ0) is 16.1. The highest BCUT2D eigenvalue weighted by molar-refractivity contribution is 6.30. The van der Waals surface area contributed by atoms with E-state index in [1.807, 2.05) is 32.0 Å². The third-order valence-corrected chi connectivity index (χ3v) is 3.78. The number of hydrogen-bond acceptors (Lipinski definition) is 2. The molecule has 5 heteroatoms. The minimum Gasteiger partial charge on any atom is -0.387 e. The van der Waals surface area contributed by atoms with Crippen LogP contribution in [0.4, 0.5) is 10.5 Å². The Morgan fingerprint density at radius 1 is 1.23 bits per heavy atom. The lowest BCUT2D eigenvalue weighted by Gasteiger charge is -2.14. The number of amides is 2. The third kappa shape index (κ3) is 4.23. The van der Waals surface area contributed by atoms with E-state index in [9.17, 15) is 9.90 Å². The van der Waals surface area contributed by atoms with Gasteiger partial charge >= 0.3 is 6.03 Å². The van der Waals surface area contributed by atoms with Crippen LogP contribution in [0.2, 0.25) is 5.02 Å². The molecule has 1 unspecified atom stereocenters. The van der Waals surface area contributed by atoms with Crippen LogP contribution in [0.1, 0.15) is 22.8 Å². The predicted octanol–water partition coefficient (Wildman–Crippen LogP) is 3.81. The molecule has 0 aliphatic carbocycles. The molecule has 0 aliphatic heterocycles. The Morgan fingerprint density at radius 2 is 1.95 bits per heavy atom. The van der Waals surface area contributed by atoms with Crippen molar-refractivity contribution in [1.82, 2.24) is 5.32 Å². The summed E-state index contributed by atoms with van der Waals surface area (Å²) < 4.78 is 0. The molecule has 2 aromatic rings. The number of anilines is 1. The van der Waals surface area contributed by atoms with Crippen LogP contribution in [-0.2, 0) is 0 Å². The van der Waals surface area contributed by atoms with Crippen LogP contribution in [-0.4, -0.2) is 17.7 Å². The molecular weight excluding hydrogens is 300 g/mol. The zero-order valence-electron chi connectivity index (χ0n) is 12.6. The standard InChI is InChI=1S/C17H19ClN2O2/c1-11-5-3-8-15(12(11)2)20-17(22)19-10-16(21)13-6-4-7-14(18)9-13/h3-9,16,21H,10H2,1-2H3,(H2,19,20,22). The molecule has 2 amide bonds. The summed E-state index contributed by atoms with van der Waals surface area (Å²) in [7, 11) is 0. The van der Waals surface area contributed by atoms with Gasteiger partial charge in [-0.2, -0.15) is 0 Å². The van der Waals surface area contributed by atoms with Gasteiger partial charge in [-0.15, -0.1) is 0 Å². The molecule has 116 valence electrons. The Kier molecular flexibility index (Phi) is 5.41. The summed E-state index contributed by atoms with van der Waals surface area (Å²) in [5.74, 6) is 0. The van der Waals surface area contributed by atoms with Crippen LogP contribution in [0.15, 0.2) is 42.5 Å². The first-order chi connectivity index (χ1) is 10.5. The molecule has 0 saturated heterocycles. The third-order valence-electron chi connectivity index (χ3n) is 3.54. The number of halogens is 1. The fourth-order valence-electron chi connectivity index (χ4n) is 2.07. The number of carbonyl (C=O) groups is 1. The van der Waals surface area contributed by atoms with E-state index in [1.54, 1.807) is 24.3 Å². The molecule has 0 radical (unpaired) electrons. The first-order valence-corrected chi connectivity index (χ1v) is 7.40. The second-order valence-corrected chi connectivity index (χ2v) is 5.59. The zero-order valence-corrected chi connectivity index (χ0v) is 13.3. The van der Waals surface area contributed by atoms with Gasteiger partial charge in [0.25, 0.3) is 0 Å². The molecule has 0 heterocycles. The maximum absolute atomic E-state index is 11.9. The molecule has 0 saturated carbocycles. The Morgan fingerprint density at radius 3 is 2.68 bits per heavy atom. The minimum atomic E-state index is -0.803. The van der Waals surface area contributed by atoms with Crippen molar-refractivity contribution in [3.63, 3.8) is 0 Å². The predicted molar refractivity (Wildman–Crippen MR) is 89.3 cm³/mol. The highest BCUT2D eigenvalue weighted by Gasteiger charge is 2.11. The van der Waals surface area contributed by atoms with Gasteiger partial charge in [-0.1, -0.05) is 35.9 Å². The SMILES string of the molecule is Cc1cccc(NC(=O)NCC(O)c2cccc(Cl)c2)c1C. The second-order valence-electron chi connectivity index (χ2n) is 5.15. The molecule has 2 aromatic carbocycles. The first kappa shape index (κ1) is 16.3. The number of carbonyl (C=O) groups excluding carboxylic acids is 1. The van der Waals surface area contributed by atoms with E-state index in [0.29, 0.717) is 10.6 Å². The van der Waals surface area contributed by atoms with Crippen molar-refractivity contribution >= 4 is 23.3 Å². The monoisotopic (exact) mass is 318 g/mol. The highest BCUT2D eigenvalue weighted by atomic mass is 35.5. The lowest BCUT2D eigenvalue weighted by Crippen LogP contribution is -2.32. The van der Waals surface area contributed by atoms with Crippen molar-refractivity contribution in [3.05, 3.63) is 64.2 Å². The van der Waals surface area contributed by atoms with Crippen LogP contribution in [0, 0.1) is 13.8 Å². The van der Waals surface area contributed by atoms with Gasteiger partial charge in [0.05, 0.1) is 6.10 Å². The van der Waals surface area contributed by atoms with Crippen molar-refractivity contribution in [2.45, 2.75) is 20.0 Å². The topological polar surface area (TPSA) is 61.4 Å². The van der Waals surface area contributed by atoms with Crippen molar-refractivity contribution in [3.8, 4) is 0 Å². The molecular formula is C17H19ClN2O2. The van der Waals surface area contributed by atoms with Crippen LogP contribution in [0.3, 0.4) is 0 Å². The van der Waals surface area contributed by atoms with Crippen molar-refractivity contribution < 1.29 is 9.90 Å². The van der Waals surface area contributed by atoms with Crippen molar-refractivity contribution in [2.24, 2.45) is 0 Å². The minimum absolute atomic E-state index is 0.108. The van der Waals surface area contributed by atoms with Crippen LogP contribution < -0.4 is 10.6 Å². The number of benzene rings is 2. The number of aliphatic hydroxyl groups excluding tert-OH is 1. The molecule has 0 fully saturated rings. The fraction of sp³-hybridized carbons (Fsp3) is 0.235. The van der Waals surface area contributed by atoms with Crippen LogP contribution in [0.5, 0.6) is 0 Å². The van der Waals surface area contributed by atoms with E-state index in [-0.39, 0.29) is 12.6 Å². The number of urea groups is 1. The van der Waals surface area contributed by atoms with E-state index in [1.165, 1.54) is 0 Å². The smallest absolute Gasteiger partial charge is 0.319 e. The molecule has 3 N–H and O–H groups in total. The van der Waals surface area contributed by atoms with Crippen molar-refractivity contribution in [1.29, 1.82) is 0 Å². The summed E-state index contributed by atoms with van der Waals surface area (Å²) >= 11 is 5.88. The Bertz CT molecular complexity index is 673. The average Bonchev–Trinajstić information content (AvgIpc) is 2.49. The van der Waals surface area contributed by atoms with Gasteiger partial charge in [0.2, 0.25) is 0 Å². The summed E-state index contributed by atoms with van der Waals surface area (Å²) in [4.78, 5) is 11.9. The highest BCUT2D eigenvalue weighted by Crippen LogP contribution is 2.19. The van der Waals surface area contributed by atoms with Gasteiger partial charge in [-0.25, -0.2) is 4.79 Å². The molecule has 0 spiro atoms. The Balaban J connectivity index is 1.91. The number of hydrogen-bond donors (Lipinski definition) is 3. The molecule has 0 aromatic heterocycles. The Labute approximate surface area is 135 Å². The molecule has 4 nitrogen and oxygen atoms in total. The fourth-order valence-corrected chi connectivity index (χ4v) is 2.27. The number of aryl methyl sites for hydroxylation is 1. The van der Waals surface area contributed by atoms with Gasteiger partial charge in [0.1, 0.15) is 0 Å². The molecule has 0 aliphatic rings. The van der Waals surface area contributed by atoms with Gasteiger partial charge < -0.3 is 15.7 Å². The lowest BCUT2D eigenvalue weighted by molar-refractivity contribution is 0.175. The first-order valence-electron chi connectivity index (χ1n) is 7.02. The number of rotatable bonds is 4. The summed E-state index contributed by atoms with van der Waals surface area (Å²) in [6, 6.07) is 12.3. The van der Waals surface area contributed by atoms with Gasteiger partial charge in [0, 0.05) is 17.3 Å². The number of nitrogens with one attached hydrogen (secondary N) is 2. The molecule has 0 bridgehead atoms. The van der Waals surface area contributed by atoms with Gasteiger partial charge in [-0.05, 0) is 48.7 Å². The van der Waals surface area contributed by atoms with Crippen LogP contribution in [0.25, 0.3) is 0 Å². The molecule has 22 heavy (non-hydrogen) atoms.